The number of hydrogen-bond acceptors (Lipinski definition) is 5. The van der Waals surface area contributed by atoms with Gasteiger partial charge in [-0.1, -0.05) is 36.4 Å². The van der Waals surface area contributed by atoms with Gasteiger partial charge in [-0.2, -0.15) is 26.3 Å². The summed E-state index contributed by atoms with van der Waals surface area (Å²) in [6.45, 7) is 5.40. The molecule has 13 heteroatoms. The van der Waals surface area contributed by atoms with E-state index in [0.29, 0.717) is 5.92 Å². The zero-order valence-electron chi connectivity index (χ0n) is 20.1. The molecule has 7 nitrogen and oxygen atoms in total. The van der Waals surface area contributed by atoms with Crippen molar-refractivity contribution in [3.05, 3.63) is 41.5 Å². The number of alkyl halides is 6. The van der Waals surface area contributed by atoms with E-state index in [1.807, 2.05) is 0 Å². The van der Waals surface area contributed by atoms with Gasteiger partial charge >= 0.3 is 24.3 Å². The summed E-state index contributed by atoms with van der Waals surface area (Å²) in [7, 11) is 2.17. The third-order valence-corrected chi connectivity index (χ3v) is 6.70. The number of halogens is 6. The molecule has 0 aromatic heterocycles. The molecule has 1 spiro atoms. The monoisotopic (exact) mass is 540 g/mol. The van der Waals surface area contributed by atoms with Crippen molar-refractivity contribution in [1.29, 1.82) is 0 Å². The molecule has 1 aliphatic carbocycles. The van der Waals surface area contributed by atoms with Crippen LogP contribution in [0.1, 0.15) is 30.4 Å². The molecule has 2 heterocycles. The van der Waals surface area contributed by atoms with Crippen LogP contribution >= 0.6 is 0 Å². The zero-order valence-corrected chi connectivity index (χ0v) is 20.1. The van der Waals surface area contributed by atoms with E-state index >= 15 is 0 Å². The molecule has 0 bridgehead atoms. The molecule has 2 atom stereocenters. The fourth-order valence-electron chi connectivity index (χ4n) is 4.72. The van der Waals surface area contributed by atoms with E-state index in [0.717, 1.165) is 39.1 Å². The van der Waals surface area contributed by atoms with Crippen LogP contribution in [-0.4, -0.2) is 95.3 Å². The van der Waals surface area contributed by atoms with Crippen molar-refractivity contribution in [2.45, 2.75) is 43.1 Å². The molecule has 3 aliphatic rings. The number of aliphatic hydroxyl groups excluding tert-OH is 1. The Bertz CT molecular complexity index is 934. The number of rotatable bonds is 2. The lowest BCUT2D eigenvalue weighted by atomic mass is 9.74. The van der Waals surface area contributed by atoms with Crippen LogP contribution < -0.4 is 0 Å². The number of aliphatic carboxylic acids is 2. The fraction of sp³-hybridized carbons (Fsp3) is 0.583. The minimum absolute atomic E-state index is 0.116. The van der Waals surface area contributed by atoms with Crippen molar-refractivity contribution in [3.8, 4) is 0 Å². The number of likely N-dealkylation sites (tertiary alicyclic amines) is 2. The molecule has 2 fully saturated rings. The average molecular weight is 541 g/mol. The number of fused-ring (bicyclic) bond motifs is 2. The summed E-state index contributed by atoms with van der Waals surface area (Å²) in [5.74, 6) is -5.10. The normalized spacial score (nSPS) is 23.4. The number of allylic oxidation sites excluding steroid dienone is 1. The smallest absolute Gasteiger partial charge is 0.475 e. The van der Waals surface area contributed by atoms with Crippen molar-refractivity contribution in [2.24, 2.45) is 5.92 Å². The highest BCUT2D eigenvalue weighted by Gasteiger charge is 2.40. The van der Waals surface area contributed by atoms with E-state index in [-0.39, 0.29) is 11.5 Å². The van der Waals surface area contributed by atoms with E-state index in [9.17, 15) is 31.4 Å². The molecule has 0 saturated carbocycles. The van der Waals surface area contributed by atoms with Crippen molar-refractivity contribution in [3.63, 3.8) is 0 Å². The molecule has 0 unspecified atom stereocenters. The lowest BCUT2D eigenvalue weighted by Crippen LogP contribution is -2.49. The first kappa shape index (κ1) is 30.6. The summed E-state index contributed by atoms with van der Waals surface area (Å²) in [6.07, 6.45) is -2.19. The maximum Gasteiger partial charge on any atom is 0.490 e. The molecule has 4 rings (SSSR count). The SMILES string of the molecule is CN1CC[C@@H](O)[C@H](CN2CCC3(C=Cc4ccccc43)CC2)C1.O=C(O)C(F)(F)F.O=C(O)C(F)(F)F. The van der Waals surface area contributed by atoms with Gasteiger partial charge in [0.2, 0.25) is 0 Å². The van der Waals surface area contributed by atoms with E-state index in [1.54, 1.807) is 0 Å². The van der Waals surface area contributed by atoms with Gasteiger partial charge in [0, 0.05) is 31.0 Å². The standard InChI is InChI=1S/C20H28N2O.2C2HF3O2/c1-21-11-7-19(23)17(14-21)15-22-12-9-20(10-13-22)8-6-16-4-2-3-5-18(16)20;2*3-2(4,5)1(6)7/h2-6,8,17,19,23H,7,9-15H2,1H3;2*(H,6,7)/t17-,19+;;/m0../s1. The molecule has 3 N–H and O–H groups in total. The number of piperidine rings is 2. The predicted octanol–water partition coefficient (Wildman–Crippen LogP) is 3.63. The lowest BCUT2D eigenvalue weighted by Gasteiger charge is -2.42. The maximum atomic E-state index is 10.6. The highest BCUT2D eigenvalue weighted by molar-refractivity contribution is 5.73. The van der Waals surface area contributed by atoms with E-state index in [4.69, 9.17) is 19.8 Å². The Balaban J connectivity index is 0.000000286. The van der Waals surface area contributed by atoms with Crippen molar-refractivity contribution in [1.82, 2.24) is 9.80 Å². The molecule has 37 heavy (non-hydrogen) atoms. The zero-order chi connectivity index (χ0) is 28.0. The van der Waals surface area contributed by atoms with Crippen molar-refractivity contribution < 1.29 is 51.3 Å². The minimum Gasteiger partial charge on any atom is -0.475 e. The first-order chi connectivity index (χ1) is 17.0. The average Bonchev–Trinajstić information content (AvgIpc) is 3.16. The molecule has 1 aromatic carbocycles. The van der Waals surface area contributed by atoms with Gasteiger partial charge in [0.1, 0.15) is 0 Å². The number of carboxylic acid groups (broad SMARTS) is 2. The van der Waals surface area contributed by atoms with E-state index in [1.165, 1.54) is 24.0 Å². The predicted molar refractivity (Wildman–Crippen MR) is 122 cm³/mol. The van der Waals surface area contributed by atoms with Crippen molar-refractivity contribution >= 4 is 18.0 Å². The Kier molecular flexibility index (Phi) is 10.1. The van der Waals surface area contributed by atoms with Crippen LogP contribution in [0.25, 0.3) is 6.08 Å². The number of nitrogens with zero attached hydrogens (tertiary/aromatic N) is 2. The second kappa shape index (κ2) is 12.3. The van der Waals surface area contributed by atoms with Crippen LogP contribution in [0, 0.1) is 5.92 Å². The Morgan fingerprint density at radius 3 is 2.00 bits per heavy atom. The topological polar surface area (TPSA) is 101 Å². The van der Waals surface area contributed by atoms with Gasteiger partial charge in [0.05, 0.1) is 6.10 Å². The molecule has 208 valence electrons. The van der Waals surface area contributed by atoms with Gasteiger partial charge in [-0.05, 0) is 50.5 Å². The van der Waals surface area contributed by atoms with Crippen LogP contribution in [0.4, 0.5) is 26.3 Å². The fourth-order valence-corrected chi connectivity index (χ4v) is 4.72. The number of hydrogen-bond donors (Lipinski definition) is 3. The van der Waals surface area contributed by atoms with E-state index in [2.05, 4.69) is 53.3 Å². The Hall–Kier alpha value is -2.64. The van der Waals surface area contributed by atoms with Crippen LogP contribution in [0.5, 0.6) is 0 Å². The highest BCUT2D eigenvalue weighted by atomic mass is 19.4. The molecule has 1 aromatic rings. The van der Waals surface area contributed by atoms with Gasteiger partial charge < -0.3 is 25.1 Å². The first-order valence-electron chi connectivity index (χ1n) is 11.5. The van der Waals surface area contributed by atoms with Gasteiger partial charge in [-0.15, -0.1) is 0 Å². The van der Waals surface area contributed by atoms with Crippen LogP contribution in [0.2, 0.25) is 0 Å². The number of carboxylic acids is 2. The van der Waals surface area contributed by atoms with Crippen LogP contribution in [0.3, 0.4) is 0 Å². The first-order valence-corrected chi connectivity index (χ1v) is 11.5. The summed E-state index contributed by atoms with van der Waals surface area (Å²) in [5, 5.41) is 24.5. The number of benzene rings is 1. The van der Waals surface area contributed by atoms with Gasteiger partial charge in [0.15, 0.2) is 0 Å². The summed E-state index contributed by atoms with van der Waals surface area (Å²) in [4.78, 5) is 22.7. The van der Waals surface area contributed by atoms with Crippen LogP contribution in [-0.2, 0) is 15.0 Å². The van der Waals surface area contributed by atoms with Crippen molar-refractivity contribution in [2.75, 3.05) is 39.8 Å². The van der Waals surface area contributed by atoms with Gasteiger partial charge in [-0.3, -0.25) is 0 Å². The van der Waals surface area contributed by atoms with Crippen LogP contribution in [0.15, 0.2) is 30.3 Å². The second-order valence-corrected chi connectivity index (χ2v) is 9.36. The quantitative estimate of drug-likeness (QED) is 0.493. The molecule has 0 amide bonds. The van der Waals surface area contributed by atoms with Gasteiger partial charge in [0.25, 0.3) is 0 Å². The van der Waals surface area contributed by atoms with E-state index < -0.39 is 24.3 Å². The molecular weight excluding hydrogens is 510 g/mol. The number of aliphatic hydroxyl groups is 1. The highest BCUT2D eigenvalue weighted by Crippen LogP contribution is 2.43. The lowest BCUT2D eigenvalue weighted by molar-refractivity contribution is -0.193. The third kappa shape index (κ3) is 8.71. The Morgan fingerprint density at radius 2 is 1.49 bits per heavy atom. The summed E-state index contributed by atoms with van der Waals surface area (Å²) < 4.78 is 63.5. The summed E-state index contributed by atoms with van der Waals surface area (Å²) in [6, 6.07) is 8.86. The molecular formula is C24H30F6N2O5. The largest absolute Gasteiger partial charge is 0.490 e. The summed E-state index contributed by atoms with van der Waals surface area (Å²) >= 11 is 0. The van der Waals surface area contributed by atoms with Gasteiger partial charge in [-0.25, -0.2) is 9.59 Å². The second-order valence-electron chi connectivity index (χ2n) is 9.36. The summed E-state index contributed by atoms with van der Waals surface area (Å²) in [5.41, 5.74) is 3.21. The minimum atomic E-state index is -5.08. The molecule has 2 saturated heterocycles. The third-order valence-electron chi connectivity index (χ3n) is 6.70. The number of carbonyl (C=O) groups is 2. The Morgan fingerprint density at radius 1 is 0.973 bits per heavy atom. The molecule has 2 aliphatic heterocycles. The maximum absolute atomic E-state index is 10.6. The molecule has 0 radical (unpaired) electrons. The Labute approximate surface area is 210 Å².